The third-order valence-electron chi connectivity index (χ3n) is 2.25. The third kappa shape index (κ3) is 5.21. The van der Waals surface area contributed by atoms with Crippen molar-refractivity contribution in [1.29, 1.82) is 0 Å². The van der Waals surface area contributed by atoms with Gasteiger partial charge in [0.1, 0.15) is 0 Å². The molecular weight excluding hydrogens is 166 g/mol. The second-order valence-corrected chi connectivity index (χ2v) is 3.37. The van der Waals surface area contributed by atoms with E-state index in [1.165, 1.54) is 0 Å². The summed E-state index contributed by atoms with van der Waals surface area (Å²) in [5.41, 5.74) is 0. The van der Waals surface area contributed by atoms with Gasteiger partial charge >= 0.3 is 0 Å². The Morgan fingerprint density at radius 1 is 1.38 bits per heavy atom. The molecule has 0 spiro atoms. The number of hydrogen-bond acceptors (Lipinski definition) is 4. The Kier molecular flexibility index (Phi) is 6.10. The smallest absolute Gasteiger partial charge is 0.0481 e. The zero-order valence-electron chi connectivity index (χ0n) is 8.51. The normalized spacial score (nSPS) is 19.2. The third-order valence-corrected chi connectivity index (χ3v) is 2.25. The summed E-state index contributed by atoms with van der Waals surface area (Å²) >= 11 is 0. The Hall–Kier alpha value is -0.160. The number of nitrogens with zero attached hydrogens (tertiary/aromatic N) is 1. The van der Waals surface area contributed by atoms with Crippen LogP contribution in [0.4, 0.5) is 0 Å². The molecule has 0 unspecified atom stereocenters. The number of nitrogens with one attached hydrogen (secondary N) is 2. The molecule has 1 fully saturated rings. The molecule has 1 aliphatic heterocycles. The van der Waals surface area contributed by atoms with Crippen LogP contribution in [0, 0.1) is 0 Å². The van der Waals surface area contributed by atoms with Crippen LogP contribution in [0.1, 0.15) is 6.42 Å². The summed E-state index contributed by atoms with van der Waals surface area (Å²) in [5, 5.41) is 6.74. The maximum absolute atomic E-state index is 4.97. The molecule has 0 aliphatic carbocycles. The van der Waals surface area contributed by atoms with Crippen molar-refractivity contribution in [2.24, 2.45) is 0 Å². The highest BCUT2D eigenvalue weighted by Gasteiger charge is 2.07. The Labute approximate surface area is 80.6 Å². The SMILES string of the molecule is COCCCNCN1CCNCC1. The minimum absolute atomic E-state index is 0.856. The molecule has 0 saturated carbocycles. The predicted molar refractivity (Wildman–Crippen MR) is 53.8 cm³/mol. The first kappa shape index (κ1) is 10.9. The van der Waals surface area contributed by atoms with E-state index in [1.807, 2.05) is 0 Å². The van der Waals surface area contributed by atoms with Crippen molar-refractivity contribution < 1.29 is 4.74 Å². The fourth-order valence-corrected chi connectivity index (χ4v) is 1.45. The molecule has 0 radical (unpaired) electrons. The van der Waals surface area contributed by atoms with Gasteiger partial charge in [-0.25, -0.2) is 0 Å². The molecule has 1 rings (SSSR count). The van der Waals surface area contributed by atoms with Gasteiger partial charge in [0.25, 0.3) is 0 Å². The van der Waals surface area contributed by atoms with Gasteiger partial charge in [0.05, 0.1) is 0 Å². The Balaban J connectivity index is 1.86. The van der Waals surface area contributed by atoms with Crippen LogP contribution in [0.25, 0.3) is 0 Å². The molecule has 0 aromatic carbocycles. The second kappa shape index (κ2) is 7.26. The zero-order valence-corrected chi connectivity index (χ0v) is 8.51. The Bertz CT molecular complexity index is 115. The van der Waals surface area contributed by atoms with Crippen LogP contribution in [0.3, 0.4) is 0 Å². The average Bonchev–Trinajstić information content (AvgIpc) is 2.19. The lowest BCUT2D eigenvalue weighted by Crippen LogP contribution is -2.47. The summed E-state index contributed by atoms with van der Waals surface area (Å²) in [7, 11) is 1.75. The van der Waals surface area contributed by atoms with E-state index in [0.717, 1.165) is 52.4 Å². The van der Waals surface area contributed by atoms with Crippen molar-refractivity contribution >= 4 is 0 Å². The molecule has 0 aromatic rings. The van der Waals surface area contributed by atoms with Crippen LogP contribution in [0.5, 0.6) is 0 Å². The Morgan fingerprint density at radius 2 is 2.15 bits per heavy atom. The molecule has 1 saturated heterocycles. The fraction of sp³-hybridized carbons (Fsp3) is 1.00. The zero-order chi connectivity index (χ0) is 9.36. The van der Waals surface area contributed by atoms with E-state index < -0.39 is 0 Å². The van der Waals surface area contributed by atoms with Crippen LogP contribution < -0.4 is 10.6 Å². The number of rotatable bonds is 6. The van der Waals surface area contributed by atoms with Crippen LogP contribution in [0.2, 0.25) is 0 Å². The Morgan fingerprint density at radius 3 is 2.85 bits per heavy atom. The molecule has 4 heteroatoms. The summed E-state index contributed by atoms with van der Waals surface area (Å²) in [6.07, 6.45) is 1.10. The number of piperazine rings is 1. The lowest BCUT2D eigenvalue weighted by molar-refractivity contribution is 0.186. The number of ether oxygens (including phenoxy) is 1. The molecule has 0 amide bonds. The first-order chi connectivity index (χ1) is 6.43. The average molecular weight is 187 g/mol. The minimum Gasteiger partial charge on any atom is -0.385 e. The molecule has 1 aliphatic rings. The highest BCUT2D eigenvalue weighted by Crippen LogP contribution is 1.88. The number of methoxy groups -OCH3 is 1. The van der Waals surface area contributed by atoms with E-state index in [4.69, 9.17) is 4.74 Å². The van der Waals surface area contributed by atoms with Crippen molar-refractivity contribution in [2.75, 3.05) is 53.1 Å². The van der Waals surface area contributed by atoms with Gasteiger partial charge in [-0.3, -0.25) is 4.90 Å². The highest BCUT2D eigenvalue weighted by molar-refractivity contribution is 4.66. The van der Waals surface area contributed by atoms with E-state index in [-0.39, 0.29) is 0 Å². The monoisotopic (exact) mass is 187 g/mol. The minimum atomic E-state index is 0.856. The molecule has 0 atom stereocenters. The van der Waals surface area contributed by atoms with E-state index >= 15 is 0 Å². The maximum Gasteiger partial charge on any atom is 0.0481 e. The van der Waals surface area contributed by atoms with Crippen LogP contribution >= 0.6 is 0 Å². The molecule has 0 aromatic heterocycles. The standard InChI is InChI=1S/C9H21N3O/c1-13-8-2-3-11-9-12-6-4-10-5-7-12/h10-11H,2-9H2,1H3. The van der Waals surface area contributed by atoms with Crippen LogP contribution in [-0.4, -0.2) is 58.0 Å². The van der Waals surface area contributed by atoms with Crippen molar-refractivity contribution in [3.8, 4) is 0 Å². The van der Waals surface area contributed by atoms with Gasteiger partial charge in [0.15, 0.2) is 0 Å². The van der Waals surface area contributed by atoms with Gasteiger partial charge in [0, 0.05) is 46.6 Å². The number of hydrogen-bond donors (Lipinski definition) is 2. The van der Waals surface area contributed by atoms with E-state index in [0.29, 0.717) is 0 Å². The van der Waals surface area contributed by atoms with Crippen LogP contribution in [0.15, 0.2) is 0 Å². The molecule has 2 N–H and O–H groups in total. The summed E-state index contributed by atoms with van der Waals surface area (Å²) in [6, 6.07) is 0. The van der Waals surface area contributed by atoms with Gasteiger partial charge in [-0.05, 0) is 13.0 Å². The molecule has 4 nitrogen and oxygen atoms in total. The lowest BCUT2D eigenvalue weighted by atomic mass is 10.4. The van der Waals surface area contributed by atoms with Crippen molar-refractivity contribution in [3.05, 3.63) is 0 Å². The van der Waals surface area contributed by atoms with Gasteiger partial charge in [0.2, 0.25) is 0 Å². The molecule has 13 heavy (non-hydrogen) atoms. The van der Waals surface area contributed by atoms with E-state index in [9.17, 15) is 0 Å². The van der Waals surface area contributed by atoms with Gasteiger partial charge in [-0.2, -0.15) is 0 Å². The van der Waals surface area contributed by atoms with E-state index in [1.54, 1.807) is 7.11 Å². The first-order valence-corrected chi connectivity index (χ1v) is 5.06. The first-order valence-electron chi connectivity index (χ1n) is 5.06. The lowest BCUT2D eigenvalue weighted by Gasteiger charge is -2.27. The highest BCUT2D eigenvalue weighted by atomic mass is 16.5. The predicted octanol–water partition coefficient (Wildman–Crippen LogP) is -0.525. The maximum atomic E-state index is 4.97. The van der Waals surface area contributed by atoms with E-state index in [2.05, 4.69) is 15.5 Å². The topological polar surface area (TPSA) is 36.5 Å². The fourth-order valence-electron chi connectivity index (χ4n) is 1.45. The van der Waals surface area contributed by atoms with Crippen LogP contribution in [-0.2, 0) is 4.74 Å². The molecule has 1 heterocycles. The summed E-state index contributed by atoms with van der Waals surface area (Å²) < 4.78 is 4.97. The summed E-state index contributed by atoms with van der Waals surface area (Å²) in [5.74, 6) is 0. The van der Waals surface area contributed by atoms with Gasteiger partial charge in [-0.1, -0.05) is 0 Å². The van der Waals surface area contributed by atoms with Crippen molar-refractivity contribution in [3.63, 3.8) is 0 Å². The van der Waals surface area contributed by atoms with Crippen molar-refractivity contribution in [1.82, 2.24) is 15.5 Å². The largest absolute Gasteiger partial charge is 0.385 e. The summed E-state index contributed by atoms with van der Waals surface area (Å²) in [4.78, 5) is 2.43. The molecule has 0 bridgehead atoms. The van der Waals surface area contributed by atoms with Crippen molar-refractivity contribution in [2.45, 2.75) is 6.42 Å². The summed E-state index contributed by atoms with van der Waals surface area (Å²) in [6.45, 7) is 7.51. The molecular formula is C9H21N3O. The van der Waals surface area contributed by atoms with Gasteiger partial charge in [-0.15, -0.1) is 0 Å². The van der Waals surface area contributed by atoms with Gasteiger partial charge < -0.3 is 15.4 Å². The molecule has 78 valence electrons. The second-order valence-electron chi connectivity index (χ2n) is 3.37. The quantitative estimate of drug-likeness (QED) is 0.548.